The van der Waals surface area contributed by atoms with E-state index in [2.05, 4.69) is 6.92 Å². The monoisotopic (exact) mass is 224 g/mol. The molecule has 0 aliphatic rings. The van der Waals surface area contributed by atoms with Crippen LogP contribution in [0.25, 0.3) is 0 Å². The molecule has 1 aromatic rings. The molecule has 0 bridgehead atoms. The average molecular weight is 224 g/mol. The first-order valence-corrected chi connectivity index (χ1v) is 5.76. The first-order chi connectivity index (χ1) is 7.77. The van der Waals surface area contributed by atoms with Crippen molar-refractivity contribution >= 4 is 0 Å². The van der Waals surface area contributed by atoms with E-state index >= 15 is 0 Å². The largest absolute Gasteiger partial charge is 0.494 e. The number of hydrogen-bond donors (Lipinski definition) is 1. The van der Waals surface area contributed by atoms with Crippen molar-refractivity contribution in [3.05, 3.63) is 29.8 Å². The fraction of sp³-hybridized carbons (Fsp3) is 0.538. The second-order valence-electron chi connectivity index (χ2n) is 3.59. The van der Waals surface area contributed by atoms with Crippen molar-refractivity contribution in [1.29, 1.82) is 0 Å². The smallest absolute Gasteiger partial charge is 0.119 e. The molecular formula is C13H20O3. The molecule has 90 valence electrons. The van der Waals surface area contributed by atoms with Crippen molar-refractivity contribution in [2.24, 2.45) is 0 Å². The van der Waals surface area contributed by atoms with Crippen LogP contribution < -0.4 is 4.74 Å². The summed E-state index contributed by atoms with van der Waals surface area (Å²) in [5, 5.41) is 9.75. The molecule has 1 atom stereocenters. The van der Waals surface area contributed by atoms with E-state index < -0.39 is 6.10 Å². The zero-order valence-electron chi connectivity index (χ0n) is 9.98. The molecule has 3 nitrogen and oxygen atoms in total. The zero-order valence-corrected chi connectivity index (χ0v) is 9.98. The van der Waals surface area contributed by atoms with Crippen LogP contribution in [0.5, 0.6) is 5.75 Å². The molecule has 0 spiro atoms. The average Bonchev–Trinajstić information content (AvgIpc) is 2.34. The molecule has 0 amide bonds. The molecule has 1 N–H and O–H groups in total. The molecule has 0 saturated heterocycles. The Hall–Kier alpha value is -1.06. The normalized spacial score (nSPS) is 12.4. The van der Waals surface area contributed by atoms with E-state index in [0.717, 1.165) is 24.3 Å². The van der Waals surface area contributed by atoms with Gasteiger partial charge in [0.2, 0.25) is 0 Å². The third kappa shape index (κ3) is 4.21. The van der Waals surface area contributed by atoms with Gasteiger partial charge in [-0.1, -0.05) is 19.1 Å². The topological polar surface area (TPSA) is 38.7 Å². The van der Waals surface area contributed by atoms with Gasteiger partial charge in [-0.15, -0.1) is 0 Å². The number of benzene rings is 1. The summed E-state index contributed by atoms with van der Waals surface area (Å²) in [7, 11) is 0. The fourth-order valence-corrected chi connectivity index (χ4v) is 1.33. The Kier molecular flexibility index (Phi) is 5.90. The van der Waals surface area contributed by atoms with Crippen LogP contribution in [0.15, 0.2) is 24.3 Å². The number of rotatable bonds is 7. The van der Waals surface area contributed by atoms with Crippen molar-refractivity contribution in [2.45, 2.75) is 26.4 Å². The summed E-state index contributed by atoms with van der Waals surface area (Å²) in [5.41, 5.74) is 0.859. The Morgan fingerprint density at radius 1 is 1.19 bits per heavy atom. The van der Waals surface area contributed by atoms with Crippen molar-refractivity contribution in [2.75, 3.05) is 19.8 Å². The lowest BCUT2D eigenvalue weighted by Crippen LogP contribution is -2.06. The van der Waals surface area contributed by atoms with E-state index in [1.54, 1.807) is 0 Å². The van der Waals surface area contributed by atoms with E-state index in [1.807, 2.05) is 31.2 Å². The van der Waals surface area contributed by atoms with E-state index in [0.29, 0.717) is 13.2 Å². The Morgan fingerprint density at radius 2 is 1.88 bits per heavy atom. The van der Waals surface area contributed by atoms with Gasteiger partial charge in [0, 0.05) is 6.61 Å². The van der Waals surface area contributed by atoms with Crippen molar-refractivity contribution in [1.82, 2.24) is 0 Å². The number of aliphatic hydroxyl groups is 1. The van der Waals surface area contributed by atoms with Gasteiger partial charge in [0.15, 0.2) is 0 Å². The van der Waals surface area contributed by atoms with Crippen LogP contribution in [-0.4, -0.2) is 24.9 Å². The highest BCUT2D eigenvalue weighted by molar-refractivity contribution is 5.28. The van der Waals surface area contributed by atoms with Crippen LogP contribution in [0.3, 0.4) is 0 Å². The second-order valence-corrected chi connectivity index (χ2v) is 3.59. The molecule has 0 saturated carbocycles. The van der Waals surface area contributed by atoms with E-state index in [9.17, 15) is 5.11 Å². The quantitative estimate of drug-likeness (QED) is 0.773. The Bertz CT molecular complexity index is 282. The molecule has 0 aliphatic carbocycles. The zero-order chi connectivity index (χ0) is 11.8. The van der Waals surface area contributed by atoms with Crippen LogP contribution in [0.4, 0.5) is 0 Å². The van der Waals surface area contributed by atoms with E-state index in [-0.39, 0.29) is 0 Å². The summed E-state index contributed by atoms with van der Waals surface area (Å²) in [6.07, 6.45) is 0.439. The third-order valence-corrected chi connectivity index (χ3v) is 2.22. The summed E-state index contributed by atoms with van der Waals surface area (Å²) >= 11 is 0. The minimum Gasteiger partial charge on any atom is -0.494 e. The highest BCUT2D eigenvalue weighted by atomic mass is 16.5. The Morgan fingerprint density at radius 3 is 2.44 bits per heavy atom. The Balaban J connectivity index is 2.49. The van der Waals surface area contributed by atoms with Crippen molar-refractivity contribution in [3.63, 3.8) is 0 Å². The first-order valence-electron chi connectivity index (χ1n) is 5.76. The summed E-state index contributed by atoms with van der Waals surface area (Å²) < 4.78 is 10.6. The minimum atomic E-state index is -0.555. The Labute approximate surface area is 97.0 Å². The number of hydrogen-bond acceptors (Lipinski definition) is 3. The number of aliphatic hydroxyl groups excluding tert-OH is 1. The van der Waals surface area contributed by atoms with Gasteiger partial charge in [0.05, 0.1) is 13.2 Å². The maximum atomic E-state index is 9.75. The van der Waals surface area contributed by atoms with E-state index in [4.69, 9.17) is 9.47 Å². The molecule has 1 rings (SSSR count). The van der Waals surface area contributed by atoms with Crippen molar-refractivity contribution in [3.8, 4) is 5.75 Å². The highest BCUT2D eigenvalue weighted by Crippen LogP contribution is 2.18. The lowest BCUT2D eigenvalue weighted by molar-refractivity contribution is 0.0420. The maximum absolute atomic E-state index is 9.75. The molecule has 0 heterocycles. The standard InChI is InChI=1S/C13H20O3/c1-3-9-16-12-7-5-11(6-8-12)13(14)10-15-4-2/h5-8,13-14H,3-4,9-10H2,1-2H3. The van der Waals surface area contributed by atoms with Crippen LogP contribution in [0, 0.1) is 0 Å². The van der Waals surface area contributed by atoms with Gasteiger partial charge in [-0.25, -0.2) is 0 Å². The third-order valence-electron chi connectivity index (χ3n) is 2.22. The molecule has 3 heteroatoms. The molecule has 0 fully saturated rings. The lowest BCUT2D eigenvalue weighted by atomic mass is 10.1. The number of ether oxygens (including phenoxy) is 2. The van der Waals surface area contributed by atoms with Gasteiger partial charge >= 0.3 is 0 Å². The van der Waals surface area contributed by atoms with Gasteiger partial charge in [-0.05, 0) is 31.0 Å². The molecule has 1 unspecified atom stereocenters. The lowest BCUT2D eigenvalue weighted by Gasteiger charge is -2.11. The molecule has 1 aromatic carbocycles. The summed E-state index contributed by atoms with van der Waals surface area (Å²) in [5.74, 6) is 0.842. The van der Waals surface area contributed by atoms with Gasteiger partial charge in [-0.2, -0.15) is 0 Å². The van der Waals surface area contributed by atoms with Crippen LogP contribution in [0.1, 0.15) is 31.9 Å². The van der Waals surface area contributed by atoms with Crippen LogP contribution in [0.2, 0.25) is 0 Å². The maximum Gasteiger partial charge on any atom is 0.119 e. The van der Waals surface area contributed by atoms with Gasteiger partial charge < -0.3 is 14.6 Å². The minimum absolute atomic E-state index is 0.339. The van der Waals surface area contributed by atoms with E-state index in [1.165, 1.54) is 0 Å². The van der Waals surface area contributed by atoms with Crippen LogP contribution >= 0.6 is 0 Å². The molecular weight excluding hydrogens is 204 g/mol. The molecule has 0 aliphatic heterocycles. The second kappa shape index (κ2) is 7.25. The van der Waals surface area contributed by atoms with Crippen LogP contribution in [-0.2, 0) is 4.74 Å². The predicted octanol–water partition coefficient (Wildman–Crippen LogP) is 2.55. The van der Waals surface area contributed by atoms with Gasteiger partial charge in [0.25, 0.3) is 0 Å². The summed E-state index contributed by atoms with van der Waals surface area (Å²) in [6, 6.07) is 7.49. The van der Waals surface area contributed by atoms with Crippen molar-refractivity contribution < 1.29 is 14.6 Å². The molecule has 0 radical (unpaired) electrons. The fourth-order valence-electron chi connectivity index (χ4n) is 1.33. The molecule has 0 aromatic heterocycles. The SMILES string of the molecule is CCCOc1ccc(C(O)COCC)cc1. The summed E-state index contributed by atoms with van der Waals surface area (Å²) in [6.45, 7) is 5.66. The highest BCUT2D eigenvalue weighted by Gasteiger charge is 2.06. The van der Waals surface area contributed by atoms with Gasteiger partial charge in [0.1, 0.15) is 11.9 Å². The molecule has 16 heavy (non-hydrogen) atoms. The van der Waals surface area contributed by atoms with Gasteiger partial charge in [-0.3, -0.25) is 0 Å². The predicted molar refractivity (Wildman–Crippen MR) is 63.7 cm³/mol. The summed E-state index contributed by atoms with van der Waals surface area (Å²) in [4.78, 5) is 0. The first kappa shape index (κ1) is 13.0.